The van der Waals surface area contributed by atoms with Gasteiger partial charge < -0.3 is 10.5 Å². The number of hydrogen-bond acceptors (Lipinski definition) is 3. The van der Waals surface area contributed by atoms with E-state index in [-0.39, 0.29) is 5.60 Å². The molecule has 1 saturated heterocycles. The topological polar surface area (TPSA) is 38.5 Å². The minimum absolute atomic E-state index is 0.00532. The summed E-state index contributed by atoms with van der Waals surface area (Å²) in [6, 6.07) is 0.624. The summed E-state index contributed by atoms with van der Waals surface area (Å²) in [6.45, 7) is 11.7. The Morgan fingerprint density at radius 3 is 2.73 bits per heavy atom. The first-order chi connectivity index (χ1) is 6.94. The fourth-order valence-corrected chi connectivity index (χ4v) is 2.43. The van der Waals surface area contributed by atoms with Gasteiger partial charge in [-0.25, -0.2) is 0 Å². The zero-order valence-corrected chi connectivity index (χ0v) is 10.6. The summed E-state index contributed by atoms with van der Waals surface area (Å²) in [5, 5.41) is 0. The molecule has 0 aliphatic carbocycles. The van der Waals surface area contributed by atoms with Crippen LogP contribution in [0.3, 0.4) is 0 Å². The average molecular weight is 214 g/mol. The summed E-state index contributed by atoms with van der Waals surface area (Å²) in [5.74, 6) is 0. The van der Waals surface area contributed by atoms with Gasteiger partial charge >= 0.3 is 0 Å². The van der Waals surface area contributed by atoms with Gasteiger partial charge in [0.15, 0.2) is 0 Å². The van der Waals surface area contributed by atoms with E-state index >= 15 is 0 Å². The molecule has 3 nitrogen and oxygen atoms in total. The predicted octanol–water partition coefficient (Wildman–Crippen LogP) is 1.61. The van der Waals surface area contributed by atoms with E-state index in [0.717, 1.165) is 26.1 Å². The molecule has 15 heavy (non-hydrogen) atoms. The minimum atomic E-state index is -0.00532. The van der Waals surface area contributed by atoms with Crippen LogP contribution in [0.2, 0.25) is 0 Å². The molecular formula is C12H26N2O. The molecule has 0 radical (unpaired) electrons. The summed E-state index contributed by atoms with van der Waals surface area (Å²) >= 11 is 0. The lowest BCUT2D eigenvalue weighted by molar-refractivity contribution is -0.137. The molecule has 2 atom stereocenters. The van der Waals surface area contributed by atoms with E-state index in [1.807, 2.05) is 0 Å². The maximum absolute atomic E-state index is 5.89. The van der Waals surface area contributed by atoms with Crippen LogP contribution in [0.15, 0.2) is 0 Å². The van der Waals surface area contributed by atoms with E-state index < -0.39 is 0 Å². The second-order valence-corrected chi connectivity index (χ2v) is 5.40. The lowest BCUT2D eigenvalue weighted by Crippen LogP contribution is -2.54. The van der Waals surface area contributed by atoms with Crippen molar-refractivity contribution in [1.82, 2.24) is 4.90 Å². The number of morpholine rings is 1. The smallest absolute Gasteiger partial charge is 0.0757 e. The third kappa shape index (κ3) is 4.09. The SMILES string of the molecule is CC1CN(C(C)CCCN)CC(C)(C)O1. The summed E-state index contributed by atoms with van der Waals surface area (Å²) in [5.41, 5.74) is 5.54. The molecule has 0 saturated carbocycles. The third-order valence-corrected chi connectivity index (χ3v) is 3.05. The largest absolute Gasteiger partial charge is 0.370 e. The van der Waals surface area contributed by atoms with Crippen LogP contribution in [0.25, 0.3) is 0 Å². The zero-order chi connectivity index (χ0) is 11.5. The molecule has 0 aromatic heterocycles. The van der Waals surface area contributed by atoms with Crippen molar-refractivity contribution in [2.45, 2.75) is 58.3 Å². The van der Waals surface area contributed by atoms with Crippen molar-refractivity contribution in [2.75, 3.05) is 19.6 Å². The summed E-state index contributed by atoms with van der Waals surface area (Å²) in [7, 11) is 0. The van der Waals surface area contributed by atoms with Crippen LogP contribution >= 0.6 is 0 Å². The first-order valence-electron chi connectivity index (χ1n) is 6.06. The van der Waals surface area contributed by atoms with Crippen molar-refractivity contribution in [1.29, 1.82) is 0 Å². The van der Waals surface area contributed by atoms with Gasteiger partial charge in [-0.2, -0.15) is 0 Å². The van der Waals surface area contributed by atoms with Gasteiger partial charge in [0.05, 0.1) is 11.7 Å². The second kappa shape index (κ2) is 5.28. The maximum atomic E-state index is 5.89. The Hall–Kier alpha value is -0.120. The molecule has 1 aliphatic rings. The van der Waals surface area contributed by atoms with E-state index in [1.165, 1.54) is 6.42 Å². The predicted molar refractivity (Wildman–Crippen MR) is 63.9 cm³/mol. The highest BCUT2D eigenvalue weighted by Gasteiger charge is 2.32. The minimum Gasteiger partial charge on any atom is -0.370 e. The molecule has 0 spiro atoms. The van der Waals surface area contributed by atoms with Crippen LogP contribution in [0.4, 0.5) is 0 Å². The standard InChI is InChI=1S/C12H26N2O/c1-10(6-5-7-13)14-8-11(2)15-12(3,4)9-14/h10-11H,5-9,13H2,1-4H3. The lowest BCUT2D eigenvalue weighted by atomic mass is 10.0. The van der Waals surface area contributed by atoms with E-state index in [0.29, 0.717) is 12.1 Å². The van der Waals surface area contributed by atoms with E-state index in [2.05, 4.69) is 32.6 Å². The van der Waals surface area contributed by atoms with Crippen molar-refractivity contribution in [3.05, 3.63) is 0 Å². The zero-order valence-electron chi connectivity index (χ0n) is 10.6. The Labute approximate surface area is 94.0 Å². The molecule has 3 heteroatoms. The molecule has 90 valence electrons. The van der Waals surface area contributed by atoms with Crippen LogP contribution in [-0.4, -0.2) is 42.3 Å². The van der Waals surface area contributed by atoms with Gasteiger partial charge in [0.1, 0.15) is 0 Å². The summed E-state index contributed by atoms with van der Waals surface area (Å²) < 4.78 is 5.89. The average Bonchev–Trinajstić information content (AvgIpc) is 2.10. The van der Waals surface area contributed by atoms with Crippen LogP contribution in [0.5, 0.6) is 0 Å². The fourth-order valence-electron chi connectivity index (χ4n) is 2.43. The molecule has 1 rings (SSSR count). The molecule has 1 fully saturated rings. The number of ether oxygens (including phenoxy) is 1. The monoisotopic (exact) mass is 214 g/mol. The van der Waals surface area contributed by atoms with Gasteiger partial charge in [0.25, 0.3) is 0 Å². The fraction of sp³-hybridized carbons (Fsp3) is 1.00. The number of rotatable bonds is 4. The number of nitrogens with two attached hydrogens (primary N) is 1. The van der Waals surface area contributed by atoms with E-state index in [9.17, 15) is 0 Å². The maximum Gasteiger partial charge on any atom is 0.0757 e. The highest BCUT2D eigenvalue weighted by molar-refractivity contribution is 4.85. The number of hydrogen-bond donors (Lipinski definition) is 1. The molecule has 0 amide bonds. The van der Waals surface area contributed by atoms with Crippen LogP contribution in [0, 0.1) is 0 Å². The van der Waals surface area contributed by atoms with Crippen molar-refractivity contribution in [2.24, 2.45) is 5.73 Å². The highest BCUT2D eigenvalue weighted by atomic mass is 16.5. The summed E-state index contributed by atoms with van der Waals surface area (Å²) in [6.07, 6.45) is 2.65. The molecule has 2 N–H and O–H groups in total. The van der Waals surface area contributed by atoms with Gasteiger partial charge in [0.2, 0.25) is 0 Å². The Morgan fingerprint density at radius 2 is 2.20 bits per heavy atom. The summed E-state index contributed by atoms with van der Waals surface area (Å²) in [4.78, 5) is 2.53. The first kappa shape index (κ1) is 12.9. The normalized spacial score (nSPS) is 29.0. The van der Waals surface area contributed by atoms with Crippen molar-refractivity contribution in [3.63, 3.8) is 0 Å². The molecule has 1 aliphatic heterocycles. The molecule has 0 aromatic rings. The Morgan fingerprint density at radius 1 is 1.53 bits per heavy atom. The number of nitrogens with zero attached hydrogens (tertiary/aromatic N) is 1. The van der Waals surface area contributed by atoms with Crippen LogP contribution in [-0.2, 0) is 4.74 Å². The van der Waals surface area contributed by atoms with Crippen LogP contribution in [0.1, 0.15) is 40.5 Å². The lowest BCUT2D eigenvalue weighted by Gasteiger charge is -2.44. The van der Waals surface area contributed by atoms with Gasteiger partial charge in [-0.05, 0) is 47.1 Å². The molecule has 2 unspecified atom stereocenters. The van der Waals surface area contributed by atoms with Crippen molar-refractivity contribution >= 4 is 0 Å². The van der Waals surface area contributed by atoms with Gasteiger partial charge in [0, 0.05) is 19.1 Å². The van der Waals surface area contributed by atoms with Gasteiger partial charge in [-0.3, -0.25) is 4.90 Å². The Bertz CT molecular complexity index is 194. The van der Waals surface area contributed by atoms with Crippen molar-refractivity contribution in [3.8, 4) is 0 Å². The second-order valence-electron chi connectivity index (χ2n) is 5.40. The molecule has 1 heterocycles. The van der Waals surface area contributed by atoms with Gasteiger partial charge in [-0.1, -0.05) is 0 Å². The highest BCUT2D eigenvalue weighted by Crippen LogP contribution is 2.23. The van der Waals surface area contributed by atoms with Crippen LogP contribution < -0.4 is 5.73 Å². The first-order valence-corrected chi connectivity index (χ1v) is 6.06. The Kier molecular flexibility index (Phi) is 4.56. The van der Waals surface area contributed by atoms with Crippen molar-refractivity contribution < 1.29 is 4.74 Å². The van der Waals surface area contributed by atoms with Gasteiger partial charge in [-0.15, -0.1) is 0 Å². The third-order valence-electron chi connectivity index (χ3n) is 3.05. The molecular weight excluding hydrogens is 188 g/mol. The molecule has 0 bridgehead atoms. The Balaban J connectivity index is 2.46. The molecule has 0 aromatic carbocycles. The van der Waals surface area contributed by atoms with E-state index in [1.54, 1.807) is 0 Å². The van der Waals surface area contributed by atoms with E-state index in [4.69, 9.17) is 10.5 Å². The quantitative estimate of drug-likeness (QED) is 0.773.